The van der Waals surface area contributed by atoms with Gasteiger partial charge in [0.2, 0.25) is 0 Å². The number of hydrogen-bond acceptors (Lipinski definition) is 3. The summed E-state index contributed by atoms with van der Waals surface area (Å²) in [5, 5.41) is 14.2. The first kappa shape index (κ1) is 16.1. The molecule has 4 amide bonds. The molecule has 3 N–H and O–H groups in total. The fraction of sp³-hybridized carbons (Fsp3) is 0.750. The van der Waals surface area contributed by atoms with Gasteiger partial charge in [0.15, 0.2) is 0 Å². The van der Waals surface area contributed by atoms with Crippen LogP contribution in [0, 0.1) is 11.8 Å². The van der Waals surface area contributed by atoms with Crippen LogP contribution in [-0.2, 0) is 4.79 Å². The number of carbonyl (C=O) groups excluding carboxylic acids is 2. The van der Waals surface area contributed by atoms with Gasteiger partial charge >= 0.3 is 18.0 Å². The summed E-state index contributed by atoms with van der Waals surface area (Å²) in [6.45, 7) is 3.27. The summed E-state index contributed by atoms with van der Waals surface area (Å²) in [4.78, 5) is 36.6. The minimum absolute atomic E-state index is 0.0201. The van der Waals surface area contributed by atoms with Crippen LogP contribution in [0.4, 0.5) is 9.59 Å². The SMILES string of the molecule is CC(C(=O)O)C1CN(C(=O)NCCNC(=O)N(C)C)C1. The van der Waals surface area contributed by atoms with E-state index in [1.165, 1.54) is 4.90 Å². The molecule has 8 heteroatoms. The van der Waals surface area contributed by atoms with Crippen LogP contribution in [0.15, 0.2) is 0 Å². The number of amides is 4. The second-order valence-corrected chi connectivity index (χ2v) is 5.15. The van der Waals surface area contributed by atoms with Gasteiger partial charge in [0.25, 0.3) is 0 Å². The van der Waals surface area contributed by atoms with Crippen LogP contribution in [-0.4, -0.2) is 73.2 Å². The monoisotopic (exact) mass is 286 g/mol. The van der Waals surface area contributed by atoms with E-state index in [0.717, 1.165) is 0 Å². The lowest BCUT2D eigenvalue weighted by atomic mass is 9.87. The molecule has 1 rings (SSSR count). The van der Waals surface area contributed by atoms with Crippen molar-refractivity contribution in [2.75, 3.05) is 40.3 Å². The maximum Gasteiger partial charge on any atom is 0.317 e. The normalized spacial score (nSPS) is 16.1. The Morgan fingerprint density at radius 2 is 1.80 bits per heavy atom. The fourth-order valence-corrected chi connectivity index (χ4v) is 1.81. The number of nitrogens with one attached hydrogen (secondary N) is 2. The highest BCUT2D eigenvalue weighted by molar-refractivity contribution is 5.76. The van der Waals surface area contributed by atoms with Crippen molar-refractivity contribution < 1.29 is 19.5 Å². The quantitative estimate of drug-likeness (QED) is 0.599. The predicted molar refractivity (Wildman–Crippen MR) is 72.3 cm³/mol. The highest BCUT2D eigenvalue weighted by atomic mass is 16.4. The molecule has 1 saturated heterocycles. The van der Waals surface area contributed by atoms with Gasteiger partial charge in [-0.05, 0) is 0 Å². The third-order valence-electron chi connectivity index (χ3n) is 3.38. The first-order valence-electron chi connectivity index (χ1n) is 6.53. The van der Waals surface area contributed by atoms with Crippen molar-refractivity contribution >= 4 is 18.0 Å². The number of hydrogen-bond donors (Lipinski definition) is 3. The van der Waals surface area contributed by atoms with Crippen LogP contribution in [0.3, 0.4) is 0 Å². The lowest BCUT2D eigenvalue weighted by Gasteiger charge is -2.41. The molecule has 0 aliphatic carbocycles. The average Bonchev–Trinajstić information content (AvgIpc) is 2.31. The number of urea groups is 2. The molecule has 1 fully saturated rings. The van der Waals surface area contributed by atoms with E-state index in [4.69, 9.17) is 5.11 Å². The fourth-order valence-electron chi connectivity index (χ4n) is 1.81. The number of carboxylic acids is 1. The predicted octanol–water partition coefficient (Wildman–Crippen LogP) is -0.380. The van der Waals surface area contributed by atoms with Crippen LogP contribution in [0.25, 0.3) is 0 Å². The van der Waals surface area contributed by atoms with Crippen LogP contribution in [0.5, 0.6) is 0 Å². The van der Waals surface area contributed by atoms with E-state index in [1.807, 2.05) is 0 Å². The summed E-state index contributed by atoms with van der Waals surface area (Å²) in [6.07, 6.45) is 0. The molecule has 0 bridgehead atoms. The molecule has 114 valence electrons. The zero-order valence-corrected chi connectivity index (χ0v) is 12.0. The van der Waals surface area contributed by atoms with Crippen molar-refractivity contribution in [1.29, 1.82) is 0 Å². The van der Waals surface area contributed by atoms with E-state index in [1.54, 1.807) is 25.9 Å². The molecule has 8 nitrogen and oxygen atoms in total. The Morgan fingerprint density at radius 1 is 1.25 bits per heavy atom. The number of carbonyl (C=O) groups is 3. The molecule has 0 saturated carbocycles. The molecule has 1 unspecified atom stereocenters. The van der Waals surface area contributed by atoms with E-state index >= 15 is 0 Å². The number of aliphatic carboxylic acids is 1. The Morgan fingerprint density at radius 3 is 2.30 bits per heavy atom. The van der Waals surface area contributed by atoms with E-state index in [-0.39, 0.29) is 18.0 Å². The summed E-state index contributed by atoms with van der Waals surface area (Å²) in [5.41, 5.74) is 0. The second-order valence-electron chi connectivity index (χ2n) is 5.15. The molecule has 1 atom stereocenters. The van der Waals surface area contributed by atoms with E-state index in [9.17, 15) is 14.4 Å². The molecule has 1 aliphatic heterocycles. The van der Waals surface area contributed by atoms with Crippen molar-refractivity contribution in [1.82, 2.24) is 20.4 Å². The third kappa shape index (κ3) is 4.29. The minimum atomic E-state index is -0.832. The van der Waals surface area contributed by atoms with Crippen LogP contribution < -0.4 is 10.6 Å². The maximum absolute atomic E-state index is 11.7. The molecule has 1 aliphatic rings. The number of likely N-dealkylation sites (tertiary alicyclic amines) is 1. The highest BCUT2D eigenvalue weighted by Crippen LogP contribution is 2.23. The summed E-state index contributed by atoms with van der Waals surface area (Å²) in [7, 11) is 3.27. The summed E-state index contributed by atoms with van der Waals surface area (Å²) < 4.78 is 0. The van der Waals surface area contributed by atoms with Crippen molar-refractivity contribution in [2.24, 2.45) is 11.8 Å². The number of nitrogens with zero attached hydrogens (tertiary/aromatic N) is 2. The summed E-state index contributed by atoms with van der Waals surface area (Å²) >= 11 is 0. The number of carboxylic acid groups (broad SMARTS) is 1. The van der Waals surface area contributed by atoms with E-state index in [0.29, 0.717) is 26.2 Å². The molecule has 0 aromatic carbocycles. The van der Waals surface area contributed by atoms with Gasteiger partial charge in [-0.25, -0.2) is 9.59 Å². The Balaban J connectivity index is 2.14. The van der Waals surface area contributed by atoms with E-state index < -0.39 is 11.9 Å². The lowest BCUT2D eigenvalue weighted by Crippen LogP contribution is -2.57. The summed E-state index contributed by atoms with van der Waals surface area (Å²) in [6, 6.07) is -0.434. The molecule has 1 heterocycles. The van der Waals surface area contributed by atoms with Gasteiger partial charge < -0.3 is 25.5 Å². The largest absolute Gasteiger partial charge is 0.481 e. The molecule has 0 aromatic heterocycles. The zero-order valence-electron chi connectivity index (χ0n) is 12.0. The maximum atomic E-state index is 11.7. The smallest absolute Gasteiger partial charge is 0.317 e. The van der Waals surface area contributed by atoms with Gasteiger partial charge in [0.1, 0.15) is 0 Å². The summed E-state index contributed by atoms with van der Waals surface area (Å²) in [5.74, 6) is -1.24. The van der Waals surface area contributed by atoms with Gasteiger partial charge in [-0.15, -0.1) is 0 Å². The van der Waals surface area contributed by atoms with Crippen LogP contribution >= 0.6 is 0 Å². The van der Waals surface area contributed by atoms with Crippen LogP contribution in [0.1, 0.15) is 6.92 Å². The van der Waals surface area contributed by atoms with Crippen LogP contribution in [0.2, 0.25) is 0 Å². The van der Waals surface area contributed by atoms with E-state index in [2.05, 4.69) is 10.6 Å². The molecule has 0 aromatic rings. The first-order chi connectivity index (χ1) is 9.32. The van der Waals surface area contributed by atoms with Crippen molar-refractivity contribution in [3.05, 3.63) is 0 Å². The first-order valence-corrected chi connectivity index (χ1v) is 6.53. The van der Waals surface area contributed by atoms with Gasteiger partial charge in [0, 0.05) is 46.2 Å². The molecule has 0 spiro atoms. The topological polar surface area (TPSA) is 102 Å². The molecule has 20 heavy (non-hydrogen) atoms. The van der Waals surface area contributed by atoms with Gasteiger partial charge in [-0.3, -0.25) is 4.79 Å². The zero-order chi connectivity index (χ0) is 15.3. The van der Waals surface area contributed by atoms with Crippen molar-refractivity contribution in [3.8, 4) is 0 Å². The Labute approximate surface area is 118 Å². The van der Waals surface area contributed by atoms with Gasteiger partial charge in [0.05, 0.1) is 5.92 Å². The third-order valence-corrected chi connectivity index (χ3v) is 3.38. The Bertz CT molecular complexity index is 380. The molecular weight excluding hydrogens is 264 g/mol. The molecular formula is C12H22N4O4. The minimum Gasteiger partial charge on any atom is -0.481 e. The highest BCUT2D eigenvalue weighted by Gasteiger charge is 2.36. The second kappa shape index (κ2) is 6.97. The standard InChI is InChI=1S/C12H22N4O4/c1-8(10(17)18)9-6-16(7-9)12(20)14-5-4-13-11(19)15(2)3/h8-9H,4-7H2,1-3H3,(H,13,19)(H,14,20)(H,17,18). The molecule has 0 radical (unpaired) electrons. The average molecular weight is 286 g/mol. The Kier molecular flexibility index (Phi) is 5.60. The van der Waals surface area contributed by atoms with Gasteiger partial charge in [-0.2, -0.15) is 0 Å². The lowest BCUT2D eigenvalue weighted by molar-refractivity contribution is -0.144. The van der Waals surface area contributed by atoms with Gasteiger partial charge in [-0.1, -0.05) is 6.92 Å². The Hall–Kier alpha value is -1.99. The van der Waals surface area contributed by atoms with Crippen molar-refractivity contribution in [2.45, 2.75) is 6.92 Å². The number of rotatable bonds is 5. The van der Waals surface area contributed by atoms with Crippen molar-refractivity contribution in [3.63, 3.8) is 0 Å².